The van der Waals surface area contributed by atoms with Crippen LogP contribution in [0.4, 0.5) is 0 Å². The van der Waals surface area contributed by atoms with E-state index in [0.29, 0.717) is 29.4 Å². The second-order valence-corrected chi connectivity index (χ2v) is 6.76. The smallest absolute Gasteiger partial charge is 0.127 e. The van der Waals surface area contributed by atoms with E-state index in [1.165, 1.54) is 0 Å². The molecule has 0 aliphatic carbocycles. The van der Waals surface area contributed by atoms with Gasteiger partial charge in [-0.05, 0) is 68.8 Å². The standard InChI is InChI=1S/C22H30O6/c1-4-17(23)13-26-19-5-9-21(10-6-19)28-22-11-7-20(8-12-22)27-15-18(24)14-25-16(2)3/h5-12,16-18,23-24H,4,13-15H2,1-3H3. The first-order valence-corrected chi connectivity index (χ1v) is 9.57. The van der Waals surface area contributed by atoms with Crippen LogP contribution in [0.2, 0.25) is 0 Å². The van der Waals surface area contributed by atoms with Crippen LogP contribution in [-0.2, 0) is 4.74 Å². The van der Waals surface area contributed by atoms with E-state index >= 15 is 0 Å². The average molecular weight is 390 g/mol. The second-order valence-electron chi connectivity index (χ2n) is 6.76. The molecule has 2 aromatic carbocycles. The molecule has 154 valence electrons. The monoisotopic (exact) mass is 390 g/mol. The summed E-state index contributed by atoms with van der Waals surface area (Å²) in [5, 5.41) is 19.3. The van der Waals surface area contributed by atoms with E-state index < -0.39 is 12.2 Å². The Morgan fingerprint density at radius 2 is 1.11 bits per heavy atom. The summed E-state index contributed by atoms with van der Waals surface area (Å²) in [4.78, 5) is 0. The van der Waals surface area contributed by atoms with Crippen LogP contribution in [0, 0.1) is 0 Å². The van der Waals surface area contributed by atoms with E-state index in [1.807, 2.05) is 32.9 Å². The van der Waals surface area contributed by atoms with Crippen LogP contribution < -0.4 is 14.2 Å². The van der Waals surface area contributed by atoms with Crippen molar-refractivity contribution in [1.29, 1.82) is 0 Å². The average Bonchev–Trinajstić information content (AvgIpc) is 2.71. The van der Waals surface area contributed by atoms with Crippen molar-refractivity contribution in [3.63, 3.8) is 0 Å². The predicted molar refractivity (Wildman–Crippen MR) is 107 cm³/mol. The molecule has 0 saturated heterocycles. The number of ether oxygens (including phenoxy) is 4. The Labute approximate surface area is 166 Å². The number of aliphatic hydroxyl groups excluding tert-OH is 2. The minimum absolute atomic E-state index is 0.0784. The summed E-state index contributed by atoms with van der Waals surface area (Å²) < 4.78 is 22.2. The SMILES string of the molecule is CCC(O)COc1ccc(Oc2ccc(OCC(O)COC(C)C)cc2)cc1. The largest absolute Gasteiger partial charge is 0.491 e. The van der Waals surface area contributed by atoms with Crippen molar-refractivity contribution >= 4 is 0 Å². The lowest BCUT2D eigenvalue weighted by Gasteiger charge is -2.14. The van der Waals surface area contributed by atoms with Crippen molar-refractivity contribution in [3.05, 3.63) is 48.5 Å². The fraction of sp³-hybridized carbons (Fsp3) is 0.455. The van der Waals surface area contributed by atoms with Crippen LogP contribution in [0.25, 0.3) is 0 Å². The number of rotatable bonds is 12. The third kappa shape index (κ3) is 8.17. The molecule has 2 atom stereocenters. The van der Waals surface area contributed by atoms with Crippen LogP contribution in [0.3, 0.4) is 0 Å². The van der Waals surface area contributed by atoms with Gasteiger partial charge in [0.25, 0.3) is 0 Å². The molecule has 0 radical (unpaired) electrons. The first kappa shape index (κ1) is 22.0. The quantitative estimate of drug-likeness (QED) is 0.574. The zero-order valence-electron chi connectivity index (χ0n) is 16.7. The van der Waals surface area contributed by atoms with Crippen LogP contribution >= 0.6 is 0 Å². The van der Waals surface area contributed by atoms with Gasteiger partial charge in [0.05, 0.1) is 18.8 Å². The van der Waals surface area contributed by atoms with Crippen molar-refractivity contribution in [2.75, 3.05) is 19.8 Å². The molecule has 0 heterocycles. The zero-order chi connectivity index (χ0) is 20.4. The molecule has 2 aromatic rings. The summed E-state index contributed by atoms with van der Waals surface area (Å²) in [5.74, 6) is 2.68. The fourth-order valence-corrected chi connectivity index (χ4v) is 2.20. The Kier molecular flexibility index (Phi) is 9.07. The molecule has 2 N–H and O–H groups in total. The van der Waals surface area contributed by atoms with Gasteiger partial charge in [-0.3, -0.25) is 0 Å². The molecule has 0 saturated carbocycles. The highest BCUT2D eigenvalue weighted by Gasteiger charge is 2.07. The Bertz CT molecular complexity index is 668. The summed E-state index contributed by atoms with van der Waals surface area (Å²) in [6.07, 6.45) is -0.390. The molecule has 6 heteroatoms. The highest BCUT2D eigenvalue weighted by Crippen LogP contribution is 2.25. The maximum absolute atomic E-state index is 9.81. The summed E-state index contributed by atoms with van der Waals surface area (Å²) in [6.45, 7) is 6.44. The molecular weight excluding hydrogens is 360 g/mol. The Hall–Kier alpha value is -2.28. The van der Waals surface area contributed by atoms with Crippen LogP contribution in [0.5, 0.6) is 23.0 Å². The van der Waals surface area contributed by atoms with E-state index in [0.717, 1.165) is 0 Å². The molecule has 2 unspecified atom stereocenters. The van der Waals surface area contributed by atoms with Gasteiger partial charge in [0, 0.05) is 0 Å². The second kappa shape index (κ2) is 11.5. The van der Waals surface area contributed by atoms with Crippen molar-refractivity contribution in [2.24, 2.45) is 0 Å². The van der Waals surface area contributed by atoms with Gasteiger partial charge in [0.1, 0.15) is 42.3 Å². The number of aliphatic hydroxyl groups is 2. The third-order valence-corrected chi connectivity index (χ3v) is 3.86. The lowest BCUT2D eigenvalue weighted by atomic mass is 10.3. The minimum Gasteiger partial charge on any atom is -0.491 e. The lowest BCUT2D eigenvalue weighted by molar-refractivity contribution is -0.0122. The van der Waals surface area contributed by atoms with Gasteiger partial charge >= 0.3 is 0 Å². The van der Waals surface area contributed by atoms with Gasteiger partial charge in [-0.25, -0.2) is 0 Å². The summed E-state index contributed by atoms with van der Waals surface area (Å²) >= 11 is 0. The van der Waals surface area contributed by atoms with Crippen molar-refractivity contribution in [2.45, 2.75) is 45.5 Å². The third-order valence-electron chi connectivity index (χ3n) is 3.86. The molecule has 0 fully saturated rings. The van der Waals surface area contributed by atoms with Gasteiger partial charge in [0.2, 0.25) is 0 Å². The van der Waals surface area contributed by atoms with Gasteiger partial charge in [-0.15, -0.1) is 0 Å². The summed E-state index contributed by atoms with van der Waals surface area (Å²) in [6, 6.07) is 14.4. The lowest BCUT2D eigenvalue weighted by Crippen LogP contribution is -2.25. The zero-order valence-corrected chi connectivity index (χ0v) is 16.7. The molecular formula is C22H30O6. The Balaban J connectivity index is 1.78. The van der Waals surface area contributed by atoms with Crippen LogP contribution in [0.15, 0.2) is 48.5 Å². The topological polar surface area (TPSA) is 77.4 Å². The number of benzene rings is 2. The molecule has 0 spiro atoms. The molecule has 2 rings (SSSR count). The van der Waals surface area contributed by atoms with E-state index in [2.05, 4.69) is 0 Å². The van der Waals surface area contributed by atoms with Gasteiger partial charge < -0.3 is 29.2 Å². The molecule has 0 aliphatic heterocycles. The molecule has 0 bridgehead atoms. The fourth-order valence-electron chi connectivity index (χ4n) is 2.20. The molecule has 0 amide bonds. The van der Waals surface area contributed by atoms with E-state index in [9.17, 15) is 10.2 Å². The molecule has 0 aromatic heterocycles. The van der Waals surface area contributed by atoms with Crippen molar-refractivity contribution in [3.8, 4) is 23.0 Å². The van der Waals surface area contributed by atoms with Crippen LogP contribution in [0.1, 0.15) is 27.2 Å². The highest BCUT2D eigenvalue weighted by atomic mass is 16.5. The summed E-state index contributed by atoms with van der Waals surface area (Å²) in [5.41, 5.74) is 0. The Morgan fingerprint density at radius 1 is 0.679 bits per heavy atom. The summed E-state index contributed by atoms with van der Waals surface area (Å²) in [7, 11) is 0. The number of hydrogen-bond acceptors (Lipinski definition) is 6. The molecule has 28 heavy (non-hydrogen) atoms. The van der Waals surface area contributed by atoms with Gasteiger partial charge in [-0.1, -0.05) is 6.92 Å². The first-order chi connectivity index (χ1) is 13.5. The molecule has 0 aliphatic rings. The normalized spacial score (nSPS) is 13.2. The van der Waals surface area contributed by atoms with Gasteiger partial charge in [-0.2, -0.15) is 0 Å². The first-order valence-electron chi connectivity index (χ1n) is 9.57. The minimum atomic E-state index is -0.669. The maximum Gasteiger partial charge on any atom is 0.127 e. The van der Waals surface area contributed by atoms with Crippen LogP contribution in [-0.4, -0.2) is 48.3 Å². The Morgan fingerprint density at radius 3 is 1.54 bits per heavy atom. The van der Waals surface area contributed by atoms with Crippen molar-refractivity contribution in [1.82, 2.24) is 0 Å². The molecule has 6 nitrogen and oxygen atoms in total. The predicted octanol–water partition coefficient (Wildman–Crippen LogP) is 3.79. The number of hydrogen-bond donors (Lipinski definition) is 2. The maximum atomic E-state index is 9.81. The van der Waals surface area contributed by atoms with Gasteiger partial charge in [0.15, 0.2) is 0 Å². The van der Waals surface area contributed by atoms with E-state index in [1.54, 1.807) is 36.4 Å². The van der Waals surface area contributed by atoms with Crippen molar-refractivity contribution < 1.29 is 29.2 Å². The van der Waals surface area contributed by atoms with E-state index in [-0.39, 0.29) is 25.9 Å². The highest BCUT2D eigenvalue weighted by molar-refractivity contribution is 5.37. The van der Waals surface area contributed by atoms with E-state index in [4.69, 9.17) is 18.9 Å².